The van der Waals surface area contributed by atoms with E-state index in [-0.39, 0.29) is 23.8 Å². The first-order chi connectivity index (χ1) is 10.6. The van der Waals surface area contributed by atoms with Crippen LogP contribution in [0.1, 0.15) is 36.0 Å². The van der Waals surface area contributed by atoms with E-state index in [1.807, 2.05) is 0 Å². The van der Waals surface area contributed by atoms with Crippen LogP contribution < -0.4 is 16.4 Å². The Labute approximate surface area is 131 Å². The molecule has 2 atom stereocenters. The molecule has 5 heteroatoms. The van der Waals surface area contributed by atoms with Crippen molar-refractivity contribution < 1.29 is 9.59 Å². The minimum Gasteiger partial charge on any atom is -0.349 e. The zero-order chi connectivity index (χ0) is 15.9. The number of nitrogens with two attached hydrogens (primary N) is 1. The van der Waals surface area contributed by atoms with Crippen molar-refractivity contribution in [2.75, 3.05) is 11.9 Å². The SMILES string of the molecule is C=CCNC(=O)c1ccccc1NC(=O)C1CCCC(N)C1. The summed E-state index contributed by atoms with van der Waals surface area (Å²) in [4.78, 5) is 24.5. The van der Waals surface area contributed by atoms with E-state index in [4.69, 9.17) is 5.73 Å². The van der Waals surface area contributed by atoms with Crippen molar-refractivity contribution >= 4 is 17.5 Å². The molecule has 0 heterocycles. The molecule has 2 unspecified atom stereocenters. The Morgan fingerprint density at radius 1 is 1.32 bits per heavy atom. The highest BCUT2D eigenvalue weighted by molar-refractivity contribution is 6.04. The monoisotopic (exact) mass is 301 g/mol. The van der Waals surface area contributed by atoms with Gasteiger partial charge in [0.2, 0.25) is 5.91 Å². The number of hydrogen-bond acceptors (Lipinski definition) is 3. The molecule has 0 spiro atoms. The second-order valence-electron chi connectivity index (χ2n) is 5.66. The van der Waals surface area contributed by atoms with Gasteiger partial charge in [-0.3, -0.25) is 9.59 Å². The molecule has 2 rings (SSSR count). The van der Waals surface area contributed by atoms with Gasteiger partial charge in [-0.1, -0.05) is 24.6 Å². The summed E-state index contributed by atoms with van der Waals surface area (Å²) in [7, 11) is 0. The van der Waals surface area contributed by atoms with E-state index in [2.05, 4.69) is 17.2 Å². The van der Waals surface area contributed by atoms with Crippen LogP contribution in [0.3, 0.4) is 0 Å². The first-order valence-corrected chi connectivity index (χ1v) is 7.66. The van der Waals surface area contributed by atoms with E-state index in [9.17, 15) is 9.59 Å². The smallest absolute Gasteiger partial charge is 0.253 e. The zero-order valence-electron chi connectivity index (χ0n) is 12.7. The first kappa shape index (κ1) is 16.2. The summed E-state index contributed by atoms with van der Waals surface area (Å²) in [6.07, 6.45) is 5.12. The fourth-order valence-corrected chi connectivity index (χ4v) is 2.75. The molecule has 118 valence electrons. The highest BCUT2D eigenvalue weighted by Gasteiger charge is 2.26. The van der Waals surface area contributed by atoms with Crippen molar-refractivity contribution in [3.05, 3.63) is 42.5 Å². The van der Waals surface area contributed by atoms with Gasteiger partial charge in [0.25, 0.3) is 5.91 Å². The number of carbonyl (C=O) groups is 2. The predicted octanol–water partition coefficient (Wildman–Crippen LogP) is 2.06. The molecular formula is C17H23N3O2. The number of anilines is 1. The number of carbonyl (C=O) groups excluding carboxylic acids is 2. The third-order valence-corrected chi connectivity index (χ3v) is 3.92. The lowest BCUT2D eigenvalue weighted by Gasteiger charge is -2.26. The van der Waals surface area contributed by atoms with Gasteiger partial charge in [-0.15, -0.1) is 6.58 Å². The van der Waals surface area contributed by atoms with Gasteiger partial charge in [-0.2, -0.15) is 0 Å². The van der Waals surface area contributed by atoms with Crippen LogP contribution in [0.15, 0.2) is 36.9 Å². The standard InChI is InChI=1S/C17H23N3O2/c1-2-10-19-17(22)14-8-3-4-9-15(14)20-16(21)12-6-5-7-13(18)11-12/h2-4,8-9,12-13H,1,5-7,10-11,18H2,(H,19,22)(H,20,21). The van der Waals surface area contributed by atoms with Crippen molar-refractivity contribution in [2.45, 2.75) is 31.7 Å². The average Bonchev–Trinajstić information content (AvgIpc) is 2.53. The molecule has 0 saturated heterocycles. The lowest BCUT2D eigenvalue weighted by Crippen LogP contribution is -2.34. The van der Waals surface area contributed by atoms with Crippen LogP contribution in [-0.2, 0) is 4.79 Å². The Morgan fingerprint density at radius 3 is 2.82 bits per heavy atom. The first-order valence-electron chi connectivity index (χ1n) is 7.66. The normalized spacial score (nSPS) is 21.0. The van der Waals surface area contributed by atoms with Gasteiger partial charge in [0.05, 0.1) is 11.3 Å². The van der Waals surface area contributed by atoms with Crippen LogP contribution in [-0.4, -0.2) is 24.4 Å². The van der Waals surface area contributed by atoms with Crippen molar-refractivity contribution in [3.63, 3.8) is 0 Å². The summed E-state index contributed by atoms with van der Waals surface area (Å²) in [6.45, 7) is 3.96. The summed E-state index contributed by atoms with van der Waals surface area (Å²) in [5.74, 6) is -0.358. The molecule has 4 N–H and O–H groups in total. The van der Waals surface area contributed by atoms with Gasteiger partial charge in [-0.25, -0.2) is 0 Å². The summed E-state index contributed by atoms with van der Waals surface area (Å²) in [5.41, 5.74) is 6.93. The van der Waals surface area contributed by atoms with Gasteiger partial charge < -0.3 is 16.4 Å². The Bertz CT molecular complexity index is 557. The van der Waals surface area contributed by atoms with Crippen molar-refractivity contribution in [1.29, 1.82) is 0 Å². The summed E-state index contributed by atoms with van der Waals surface area (Å²) in [5, 5.41) is 5.60. The Morgan fingerprint density at radius 2 is 2.09 bits per heavy atom. The van der Waals surface area contributed by atoms with Gasteiger partial charge in [0, 0.05) is 18.5 Å². The number of nitrogens with one attached hydrogen (secondary N) is 2. The van der Waals surface area contributed by atoms with Gasteiger partial charge in [-0.05, 0) is 31.4 Å². The Hall–Kier alpha value is -2.14. The van der Waals surface area contributed by atoms with Crippen LogP contribution in [0, 0.1) is 5.92 Å². The maximum atomic E-state index is 12.4. The fraction of sp³-hybridized carbons (Fsp3) is 0.412. The quantitative estimate of drug-likeness (QED) is 0.728. The maximum absolute atomic E-state index is 12.4. The second-order valence-corrected chi connectivity index (χ2v) is 5.66. The van der Waals surface area contributed by atoms with Crippen LogP contribution >= 0.6 is 0 Å². The van der Waals surface area contributed by atoms with Gasteiger partial charge >= 0.3 is 0 Å². The molecule has 0 radical (unpaired) electrons. The van der Waals surface area contributed by atoms with Gasteiger partial charge in [0.15, 0.2) is 0 Å². The summed E-state index contributed by atoms with van der Waals surface area (Å²) in [6, 6.07) is 7.10. The summed E-state index contributed by atoms with van der Waals surface area (Å²) >= 11 is 0. The maximum Gasteiger partial charge on any atom is 0.253 e. The molecule has 1 aliphatic rings. The van der Waals surface area contributed by atoms with Crippen LogP contribution in [0.25, 0.3) is 0 Å². The molecule has 5 nitrogen and oxygen atoms in total. The minimum absolute atomic E-state index is 0.0564. The molecule has 1 aliphatic carbocycles. The largest absolute Gasteiger partial charge is 0.349 e. The van der Waals surface area contributed by atoms with Crippen LogP contribution in [0.5, 0.6) is 0 Å². The molecule has 22 heavy (non-hydrogen) atoms. The number of amides is 2. The van der Waals surface area contributed by atoms with E-state index in [1.54, 1.807) is 30.3 Å². The van der Waals surface area contributed by atoms with E-state index in [0.717, 1.165) is 19.3 Å². The van der Waals surface area contributed by atoms with Crippen molar-refractivity contribution in [3.8, 4) is 0 Å². The van der Waals surface area contributed by atoms with Gasteiger partial charge in [0.1, 0.15) is 0 Å². The van der Waals surface area contributed by atoms with Crippen LogP contribution in [0.4, 0.5) is 5.69 Å². The van der Waals surface area contributed by atoms with Crippen molar-refractivity contribution in [1.82, 2.24) is 5.32 Å². The average molecular weight is 301 g/mol. The van der Waals surface area contributed by atoms with E-state index in [1.165, 1.54) is 0 Å². The predicted molar refractivity (Wildman–Crippen MR) is 87.5 cm³/mol. The molecule has 0 aromatic heterocycles. The Balaban J connectivity index is 2.07. The van der Waals surface area contributed by atoms with Crippen molar-refractivity contribution in [2.24, 2.45) is 11.7 Å². The topological polar surface area (TPSA) is 84.2 Å². The summed E-state index contributed by atoms with van der Waals surface area (Å²) < 4.78 is 0. The third-order valence-electron chi connectivity index (χ3n) is 3.92. The van der Waals surface area contributed by atoms with E-state index < -0.39 is 0 Å². The number of para-hydroxylation sites is 1. The molecule has 0 aliphatic heterocycles. The second kappa shape index (κ2) is 7.75. The molecule has 2 amide bonds. The zero-order valence-corrected chi connectivity index (χ0v) is 12.7. The Kier molecular flexibility index (Phi) is 5.72. The lowest BCUT2D eigenvalue weighted by atomic mass is 9.85. The fourth-order valence-electron chi connectivity index (χ4n) is 2.75. The van der Waals surface area contributed by atoms with E-state index in [0.29, 0.717) is 24.2 Å². The molecule has 1 aromatic rings. The highest BCUT2D eigenvalue weighted by Crippen LogP contribution is 2.25. The highest BCUT2D eigenvalue weighted by atomic mass is 16.2. The lowest BCUT2D eigenvalue weighted by molar-refractivity contribution is -0.120. The number of hydrogen-bond donors (Lipinski definition) is 3. The molecule has 1 saturated carbocycles. The number of benzene rings is 1. The minimum atomic E-state index is -0.226. The van der Waals surface area contributed by atoms with Crippen LogP contribution in [0.2, 0.25) is 0 Å². The number of rotatable bonds is 5. The molecule has 0 bridgehead atoms. The molecule has 1 fully saturated rings. The molecular weight excluding hydrogens is 278 g/mol. The molecule has 1 aromatic carbocycles. The van der Waals surface area contributed by atoms with E-state index >= 15 is 0 Å². The third kappa shape index (κ3) is 4.18.